The van der Waals surface area contributed by atoms with E-state index in [1.807, 2.05) is 0 Å². The van der Waals surface area contributed by atoms with E-state index in [9.17, 15) is 0 Å². The molecule has 0 radical (unpaired) electrons. The second-order valence-corrected chi connectivity index (χ2v) is 5.44. The first-order valence-electron chi connectivity index (χ1n) is 7.51. The maximum Gasteiger partial charge on any atom is -0.0222 e. The van der Waals surface area contributed by atoms with Crippen molar-refractivity contribution >= 4 is 11.6 Å². The van der Waals surface area contributed by atoms with Crippen molar-refractivity contribution in [1.29, 1.82) is 0 Å². The molecular weight excluding hydrogens is 240 g/mol. The average Bonchev–Trinajstić information content (AvgIpc) is 2.46. The summed E-state index contributed by atoms with van der Waals surface area (Å²) in [5.74, 6) is 0. The van der Waals surface area contributed by atoms with Gasteiger partial charge in [0, 0.05) is 0 Å². The van der Waals surface area contributed by atoms with Crippen molar-refractivity contribution in [2.45, 2.75) is 40.5 Å². The van der Waals surface area contributed by atoms with E-state index in [4.69, 9.17) is 0 Å². The van der Waals surface area contributed by atoms with Gasteiger partial charge in [-0.3, -0.25) is 0 Å². The Morgan fingerprint density at radius 1 is 1.00 bits per heavy atom. The lowest BCUT2D eigenvalue weighted by molar-refractivity contribution is 1.13. The van der Waals surface area contributed by atoms with Crippen molar-refractivity contribution < 1.29 is 0 Å². The molecule has 0 nitrogen and oxygen atoms in total. The van der Waals surface area contributed by atoms with Gasteiger partial charge in [-0.25, -0.2) is 0 Å². The monoisotopic (exact) mass is 264 g/mol. The molecule has 0 bridgehead atoms. The minimum Gasteiger partial charge on any atom is -0.0614 e. The minimum absolute atomic E-state index is 1.05. The van der Waals surface area contributed by atoms with Crippen LogP contribution in [0, 0.1) is 13.8 Å². The Hall–Kier alpha value is -1.82. The van der Waals surface area contributed by atoms with Crippen LogP contribution in [0.3, 0.4) is 0 Å². The van der Waals surface area contributed by atoms with E-state index < -0.39 is 0 Å². The second-order valence-electron chi connectivity index (χ2n) is 5.44. The zero-order valence-electron chi connectivity index (χ0n) is 13.0. The second kappa shape index (κ2) is 6.56. The van der Waals surface area contributed by atoms with Gasteiger partial charge in [-0.2, -0.15) is 0 Å². The highest BCUT2D eigenvalue weighted by Gasteiger charge is 2.03. The topological polar surface area (TPSA) is 0 Å². The van der Waals surface area contributed by atoms with Gasteiger partial charge in [-0.1, -0.05) is 68.0 Å². The summed E-state index contributed by atoms with van der Waals surface area (Å²) in [6, 6.07) is 15.6. The minimum atomic E-state index is 1.05. The van der Waals surface area contributed by atoms with Crippen molar-refractivity contribution in [1.82, 2.24) is 0 Å². The summed E-state index contributed by atoms with van der Waals surface area (Å²) in [7, 11) is 0. The Kier molecular flexibility index (Phi) is 4.79. The lowest BCUT2D eigenvalue weighted by atomic mass is 9.96. The molecule has 0 aliphatic carbocycles. The highest BCUT2D eigenvalue weighted by molar-refractivity contribution is 5.82. The first kappa shape index (κ1) is 14.6. The van der Waals surface area contributed by atoms with Crippen molar-refractivity contribution in [3.05, 3.63) is 70.3 Å². The molecule has 0 aromatic heterocycles. The third-order valence-corrected chi connectivity index (χ3v) is 3.85. The van der Waals surface area contributed by atoms with Crippen LogP contribution in [0.5, 0.6) is 0 Å². The Bertz CT molecular complexity index is 618. The molecule has 2 aromatic carbocycles. The Balaban J connectivity index is 2.45. The third-order valence-electron chi connectivity index (χ3n) is 3.85. The van der Waals surface area contributed by atoms with Crippen LogP contribution in [0.1, 0.15) is 48.1 Å². The molecule has 20 heavy (non-hydrogen) atoms. The highest BCUT2D eigenvalue weighted by atomic mass is 14.1. The smallest absolute Gasteiger partial charge is 0.0222 e. The molecule has 104 valence electrons. The van der Waals surface area contributed by atoms with Crippen LogP contribution < -0.4 is 0 Å². The summed E-state index contributed by atoms with van der Waals surface area (Å²) in [6.45, 7) is 8.78. The summed E-state index contributed by atoms with van der Waals surface area (Å²) in [5, 5.41) is 0. The fraction of sp³-hybridized carbons (Fsp3) is 0.300. The lowest BCUT2D eigenvalue weighted by Gasteiger charge is -2.09. The molecule has 0 atom stereocenters. The van der Waals surface area contributed by atoms with Gasteiger partial charge >= 0.3 is 0 Å². The molecule has 0 unspecified atom stereocenters. The number of rotatable bonds is 4. The largest absolute Gasteiger partial charge is 0.0614 e. The van der Waals surface area contributed by atoms with Crippen LogP contribution in [0.2, 0.25) is 0 Å². The summed E-state index contributed by atoms with van der Waals surface area (Å²) in [4.78, 5) is 0. The van der Waals surface area contributed by atoms with Crippen molar-refractivity contribution in [3.8, 4) is 0 Å². The zero-order valence-corrected chi connectivity index (χ0v) is 13.0. The van der Waals surface area contributed by atoms with Gasteiger partial charge in [0.1, 0.15) is 0 Å². The lowest BCUT2D eigenvalue weighted by Crippen LogP contribution is -1.89. The van der Waals surface area contributed by atoms with Gasteiger partial charge in [0.05, 0.1) is 0 Å². The quantitative estimate of drug-likeness (QED) is 0.611. The first-order chi connectivity index (χ1) is 9.63. The van der Waals surface area contributed by atoms with Gasteiger partial charge in [0.2, 0.25) is 0 Å². The van der Waals surface area contributed by atoms with Gasteiger partial charge < -0.3 is 0 Å². The SMILES string of the molecule is CC/C(=C\c1cc(CC)ccc1C)c1cccc(C)c1. The fourth-order valence-corrected chi connectivity index (χ4v) is 2.49. The first-order valence-corrected chi connectivity index (χ1v) is 7.51. The molecular formula is C20H24. The molecule has 0 fully saturated rings. The number of aryl methyl sites for hydroxylation is 3. The normalized spacial score (nSPS) is 11.7. The zero-order chi connectivity index (χ0) is 14.5. The third kappa shape index (κ3) is 3.39. The molecule has 0 aliphatic heterocycles. The Labute approximate surface area is 123 Å². The van der Waals surface area contributed by atoms with E-state index in [1.165, 1.54) is 33.4 Å². The van der Waals surface area contributed by atoms with Gasteiger partial charge in [0.15, 0.2) is 0 Å². The van der Waals surface area contributed by atoms with E-state index >= 15 is 0 Å². The van der Waals surface area contributed by atoms with E-state index in [2.05, 4.69) is 76.2 Å². The summed E-state index contributed by atoms with van der Waals surface area (Å²) < 4.78 is 0. The maximum atomic E-state index is 2.35. The van der Waals surface area contributed by atoms with Crippen molar-refractivity contribution in [3.63, 3.8) is 0 Å². The molecule has 0 saturated heterocycles. The summed E-state index contributed by atoms with van der Waals surface area (Å²) in [5.41, 5.74) is 8.17. The van der Waals surface area contributed by atoms with Gasteiger partial charge in [0.25, 0.3) is 0 Å². The van der Waals surface area contributed by atoms with Crippen LogP contribution in [0.4, 0.5) is 0 Å². The number of hydrogen-bond acceptors (Lipinski definition) is 0. The van der Waals surface area contributed by atoms with E-state index in [-0.39, 0.29) is 0 Å². The number of benzene rings is 2. The molecule has 0 heterocycles. The fourth-order valence-electron chi connectivity index (χ4n) is 2.49. The molecule has 0 heteroatoms. The van der Waals surface area contributed by atoms with Crippen LogP contribution in [-0.4, -0.2) is 0 Å². The number of hydrogen-bond donors (Lipinski definition) is 0. The van der Waals surface area contributed by atoms with Crippen LogP contribution in [0.15, 0.2) is 42.5 Å². The van der Waals surface area contributed by atoms with Crippen LogP contribution in [-0.2, 0) is 6.42 Å². The van der Waals surface area contributed by atoms with Gasteiger partial charge in [-0.05, 0) is 54.5 Å². The molecule has 0 spiro atoms. The van der Waals surface area contributed by atoms with Crippen molar-refractivity contribution in [2.24, 2.45) is 0 Å². The summed E-state index contributed by atoms with van der Waals surface area (Å²) in [6.07, 6.45) is 4.50. The van der Waals surface area contributed by atoms with E-state index in [0.29, 0.717) is 0 Å². The van der Waals surface area contributed by atoms with Gasteiger partial charge in [-0.15, -0.1) is 0 Å². The van der Waals surface area contributed by atoms with E-state index in [0.717, 1.165) is 12.8 Å². The predicted molar refractivity (Wildman–Crippen MR) is 89.9 cm³/mol. The molecule has 0 saturated carbocycles. The molecule has 0 aliphatic rings. The standard InChI is InChI=1S/C20H24/c1-5-17-11-10-16(4)20(13-17)14-18(6-2)19-9-7-8-15(3)12-19/h7-14H,5-6H2,1-4H3/b18-14+. The maximum absolute atomic E-state index is 2.35. The van der Waals surface area contributed by atoms with Crippen molar-refractivity contribution in [2.75, 3.05) is 0 Å². The predicted octanol–water partition coefficient (Wildman–Crippen LogP) is 5.82. The Morgan fingerprint density at radius 2 is 1.80 bits per heavy atom. The highest BCUT2D eigenvalue weighted by Crippen LogP contribution is 2.24. The Morgan fingerprint density at radius 3 is 2.45 bits per heavy atom. The molecule has 0 N–H and O–H groups in total. The average molecular weight is 264 g/mol. The van der Waals surface area contributed by atoms with Crippen LogP contribution >= 0.6 is 0 Å². The molecule has 2 aromatic rings. The molecule has 2 rings (SSSR count). The summed E-state index contributed by atoms with van der Waals surface area (Å²) >= 11 is 0. The molecule has 0 amide bonds. The van der Waals surface area contributed by atoms with Crippen LogP contribution in [0.25, 0.3) is 11.6 Å². The van der Waals surface area contributed by atoms with E-state index in [1.54, 1.807) is 0 Å². The number of allylic oxidation sites excluding steroid dienone is 1.